The first-order valence-corrected chi connectivity index (χ1v) is 5.01. The van der Waals surface area contributed by atoms with Gasteiger partial charge < -0.3 is 9.84 Å². The number of halogens is 4. The number of hydrogen-bond acceptors (Lipinski definition) is 2. The van der Waals surface area contributed by atoms with Crippen molar-refractivity contribution in [3.8, 4) is 5.75 Å². The van der Waals surface area contributed by atoms with Crippen molar-refractivity contribution < 1.29 is 23.4 Å². The summed E-state index contributed by atoms with van der Waals surface area (Å²) in [6.07, 6.45) is 1.86. The lowest BCUT2D eigenvalue weighted by Gasteiger charge is -2.10. The van der Waals surface area contributed by atoms with Crippen LogP contribution in [0.4, 0.5) is 8.78 Å². The molecule has 0 saturated carbocycles. The topological polar surface area (TPSA) is 46.5 Å². The Morgan fingerprint density at radius 2 is 2.06 bits per heavy atom. The average molecular weight is 283 g/mol. The molecular formula is C10H6Cl2F2O3. The van der Waals surface area contributed by atoms with Crippen LogP contribution in [0.2, 0.25) is 10.0 Å². The predicted octanol–water partition coefficient (Wildman–Crippen LogP) is 3.69. The molecule has 0 radical (unpaired) electrons. The zero-order valence-electron chi connectivity index (χ0n) is 8.16. The third-order valence-corrected chi connectivity index (χ3v) is 2.48. The predicted molar refractivity (Wildman–Crippen MR) is 59.8 cm³/mol. The highest BCUT2D eigenvalue weighted by Gasteiger charge is 2.15. The molecule has 7 heteroatoms. The zero-order valence-corrected chi connectivity index (χ0v) is 9.67. The molecular weight excluding hydrogens is 277 g/mol. The SMILES string of the molecule is O=C(O)C=Cc1ccc(Cl)c(Cl)c1OC(F)F. The van der Waals surface area contributed by atoms with E-state index < -0.39 is 12.6 Å². The van der Waals surface area contributed by atoms with E-state index in [4.69, 9.17) is 28.3 Å². The fourth-order valence-electron chi connectivity index (χ4n) is 1.05. The van der Waals surface area contributed by atoms with Gasteiger partial charge in [0.2, 0.25) is 0 Å². The summed E-state index contributed by atoms with van der Waals surface area (Å²) in [5.41, 5.74) is 0.0992. The number of benzene rings is 1. The van der Waals surface area contributed by atoms with Crippen LogP contribution in [0.3, 0.4) is 0 Å². The van der Waals surface area contributed by atoms with Gasteiger partial charge in [0, 0.05) is 11.6 Å². The molecule has 1 aromatic carbocycles. The number of ether oxygens (including phenoxy) is 1. The van der Waals surface area contributed by atoms with Gasteiger partial charge in [0.05, 0.1) is 5.02 Å². The molecule has 0 bridgehead atoms. The molecule has 1 rings (SSSR count). The Labute approximate surface area is 105 Å². The van der Waals surface area contributed by atoms with Crippen molar-refractivity contribution in [2.45, 2.75) is 6.61 Å². The van der Waals surface area contributed by atoms with Crippen LogP contribution in [-0.2, 0) is 4.79 Å². The van der Waals surface area contributed by atoms with Crippen molar-refractivity contribution in [2.24, 2.45) is 0 Å². The minimum absolute atomic E-state index is 0.0368. The van der Waals surface area contributed by atoms with Gasteiger partial charge in [-0.1, -0.05) is 23.2 Å². The van der Waals surface area contributed by atoms with Crippen LogP contribution >= 0.6 is 23.2 Å². The summed E-state index contributed by atoms with van der Waals surface area (Å²) < 4.78 is 28.5. The van der Waals surface area contributed by atoms with Gasteiger partial charge in [-0.05, 0) is 18.2 Å². The second-order valence-corrected chi connectivity index (χ2v) is 3.61. The quantitative estimate of drug-likeness (QED) is 0.857. The summed E-state index contributed by atoms with van der Waals surface area (Å²) in [6, 6.07) is 2.68. The number of carbonyl (C=O) groups is 1. The molecule has 3 nitrogen and oxygen atoms in total. The van der Waals surface area contributed by atoms with E-state index in [0.717, 1.165) is 12.2 Å². The number of alkyl halides is 2. The Hall–Kier alpha value is -1.33. The molecule has 0 aliphatic heterocycles. The van der Waals surface area contributed by atoms with Gasteiger partial charge in [-0.25, -0.2) is 4.79 Å². The fraction of sp³-hybridized carbons (Fsp3) is 0.100. The Bertz CT molecular complexity index is 461. The second kappa shape index (κ2) is 5.84. The molecule has 92 valence electrons. The highest BCUT2D eigenvalue weighted by atomic mass is 35.5. The van der Waals surface area contributed by atoms with Crippen LogP contribution in [0.25, 0.3) is 6.08 Å². The van der Waals surface area contributed by atoms with Crippen LogP contribution in [0.15, 0.2) is 18.2 Å². The van der Waals surface area contributed by atoms with Crippen LogP contribution in [-0.4, -0.2) is 17.7 Å². The summed E-state index contributed by atoms with van der Waals surface area (Å²) in [7, 11) is 0. The minimum Gasteiger partial charge on any atom is -0.478 e. The summed E-state index contributed by atoms with van der Waals surface area (Å²) in [6.45, 7) is -3.08. The smallest absolute Gasteiger partial charge is 0.387 e. The minimum atomic E-state index is -3.08. The zero-order chi connectivity index (χ0) is 13.0. The molecule has 0 amide bonds. The normalized spacial score (nSPS) is 11.1. The molecule has 1 N–H and O–H groups in total. The molecule has 1 aromatic rings. The van der Waals surface area contributed by atoms with Crippen molar-refractivity contribution in [2.75, 3.05) is 0 Å². The van der Waals surface area contributed by atoms with Crippen LogP contribution < -0.4 is 4.74 Å². The lowest BCUT2D eigenvalue weighted by atomic mass is 10.2. The molecule has 0 saturated heterocycles. The van der Waals surface area contributed by atoms with E-state index in [1.807, 2.05) is 0 Å². The van der Waals surface area contributed by atoms with Crippen LogP contribution in [0, 0.1) is 0 Å². The van der Waals surface area contributed by atoms with Crippen molar-refractivity contribution >= 4 is 35.2 Å². The van der Waals surface area contributed by atoms with Crippen molar-refractivity contribution in [1.29, 1.82) is 0 Å². The number of carboxylic acids is 1. The van der Waals surface area contributed by atoms with E-state index in [2.05, 4.69) is 4.74 Å². The first kappa shape index (κ1) is 13.7. The third-order valence-electron chi connectivity index (χ3n) is 1.69. The molecule has 0 aliphatic carbocycles. The Kier molecular flexibility index (Phi) is 4.72. The molecule has 0 fully saturated rings. The van der Waals surface area contributed by atoms with E-state index in [0.29, 0.717) is 0 Å². The van der Waals surface area contributed by atoms with Gasteiger partial charge in [-0.15, -0.1) is 0 Å². The first-order chi connectivity index (χ1) is 7.91. The lowest BCUT2D eigenvalue weighted by Crippen LogP contribution is -2.04. The van der Waals surface area contributed by atoms with Gasteiger partial charge >= 0.3 is 12.6 Å². The van der Waals surface area contributed by atoms with Crippen LogP contribution in [0.5, 0.6) is 5.75 Å². The van der Waals surface area contributed by atoms with Crippen LogP contribution in [0.1, 0.15) is 5.56 Å². The Morgan fingerprint density at radius 1 is 1.41 bits per heavy atom. The molecule has 0 aromatic heterocycles. The van der Waals surface area contributed by atoms with Gasteiger partial charge in [-0.3, -0.25) is 0 Å². The van der Waals surface area contributed by atoms with E-state index in [9.17, 15) is 13.6 Å². The summed E-state index contributed by atoms with van der Waals surface area (Å²) in [5.74, 6) is -1.58. The number of aliphatic carboxylic acids is 1. The second-order valence-electron chi connectivity index (χ2n) is 2.83. The number of carboxylic acid groups (broad SMARTS) is 1. The standard InChI is InChI=1S/C10H6Cl2F2O3/c11-6-3-1-5(2-4-7(15)16)9(8(6)12)17-10(13)14/h1-4,10H,(H,15,16). The maximum atomic E-state index is 12.1. The van der Waals surface area contributed by atoms with Crippen molar-refractivity contribution in [3.05, 3.63) is 33.8 Å². The molecule has 0 unspecified atom stereocenters. The van der Waals surface area contributed by atoms with Crippen molar-refractivity contribution in [1.82, 2.24) is 0 Å². The monoisotopic (exact) mass is 282 g/mol. The van der Waals surface area contributed by atoms with E-state index >= 15 is 0 Å². The molecule has 0 heterocycles. The highest BCUT2D eigenvalue weighted by Crippen LogP contribution is 2.36. The number of rotatable bonds is 4. The fourth-order valence-corrected chi connectivity index (χ4v) is 1.41. The Morgan fingerprint density at radius 3 is 2.59 bits per heavy atom. The van der Waals surface area contributed by atoms with E-state index in [-0.39, 0.29) is 21.4 Å². The van der Waals surface area contributed by atoms with Gasteiger partial charge in [0.25, 0.3) is 0 Å². The molecule has 17 heavy (non-hydrogen) atoms. The summed E-state index contributed by atoms with van der Waals surface area (Å²) >= 11 is 11.3. The maximum absolute atomic E-state index is 12.1. The third kappa shape index (κ3) is 3.87. The van der Waals surface area contributed by atoms with Crippen molar-refractivity contribution in [3.63, 3.8) is 0 Å². The lowest BCUT2D eigenvalue weighted by molar-refractivity contribution is -0.131. The largest absolute Gasteiger partial charge is 0.478 e. The molecule has 0 spiro atoms. The van der Waals surface area contributed by atoms with Gasteiger partial charge in [-0.2, -0.15) is 8.78 Å². The van der Waals surface area contributed by atoms with E-state index in [1.165, 1.54) is 12.1 Å². The molecule has 0 aliphatic rings. The van der Waals surface area contributed by atoms with Gasteiger partial charge in [0.15, 0.2) is 5.75 Å². The molecule has 0 atom stereocenters. The van der Waals surface area contributed by atoms with Gasteiger partial charge in [0.1, 0.15) is 5.02 Å². The first-order valence-electron chi connectivity index (χ1n) is 4.25. The average Bonchev–Trinajstić information content (AvgIpc) is 2.23. The Balaban J connectivity index is 3.20. The highest BCUT2D eigenvalue weighted by molar-refractivity contribution is 6.43. The number of hydrogen-bond donors (Lipinski definition) is 1. The summed E-state index contributed by atoms with van der Waals surface area (Å²) in [5, 5.41) is 8.28. The maximum Gasteiger partial charge on any atom is 0.387 e. The summed E-state index contributed by atoms with van der Waals surface area (Å²) in [4.78, 5) is 10.3. The van der Waals surface area contributed by atoms with E-state index in [1.54, 1.807) is 0 Å².